The van der Waals surface area contributed by atoms with Crippen molar-refractivity contribution >= 4 is 0 Å². The van der Waals surface area contributed by atoms with Gasteiger partial charge in [-0.1, -0.05) is 20.8 Å². The molecule has 2 fully saturated rings. The molecule has 2 heterocycles. The molecule has 4 atom stereocenters. The predicted molar refractivity (Wildman–Crippen MR) is 87.5 cm³/mol. The number of likely N-dealkylation sites (tertiary alicyclic amines) is 1. The Labute approximate surface area is 133 Å². The van der Waals surface area contributed by atoms with Gasteiger partial charge in [-0.3, -0.25) is 10.00 Å². The average Bonchev–Trinajstić information content (AvgIpc) is 2.98. The minimum atomic E-state index is -0.229. The van der Waals surface area contributed by atoms with Crippen LogP contribution in [0.3, 0.4) is 0 Å². The van der Waals surface area contributed by atoms with Gasteiger partial charge in [-0.25, -0.2) is 0 Å². The number of H-pyrrole nitrogens is 1. The second-order valence-corrected chi connectivity index (χ2v) is 7.60. The Morgan fingerprint density at radius 1 is 1.50 bits per heavy atom. The summed E-state index contributed by atoms with van der Waals surface area (Å²) in [6.45, 7) is 12.0. The minimum absolute atomic E-state index is 0.203. The second kappa shape index (κ2) is 5.95. The molecule has 0 amide bonds. The van der Waals surface area contributed by atoms with Crippen molar-refractivity contribution in [2.24, 2.45) is 11.3 Å². The van der Waals surface area contributed by atoms with Crippen LogP contribution in [0.4, 0.5) is 0 Å². The third-order valence-electron chi connectivity index (χ3n) is 5.77. The molecule has 1 aromatic heterocycles. The Morgan fingerprint density at radius 2 is 2.27 bits per heavy atom. The van der Waals surface area contributed by atoms with E-state index >= 15 is 0 Å². The zero-order valence-electron chi connectivity index (χ0n) is 14.3. The molecule has 3 N–H and O–H groups in total. The van der Waals surface area contributed by atoms with Crippen molar-refractivity contribution in [3.05, 3.63) is 17.5 Å². The Bertz CT molecular complexity index is 515. The first-order chi connectivity index (χ1) is 10.5. The first-order valence-electron chi connectivity index (χ1n) is 8.61. The van der Waals surface area contributed by atoms with Crippen molar-refractivity contribution in [1.82, 2.24) is 20.4 Å². The Morgan fingerprint density at radius 3 is 2.86 bits per heavy atom. The van der Waals surface area contributed by atoms with E-state index in [2.05, 4.69) is 41.2 Å². The highest BCUT2D eigenvalue weighted by Crippen LogP contribution is 2.52. The summed E-state index contributed by atoms with van der Waals surface area (Å²) < 4.78 is 0. The van der Waals surface area contributed by atoms with Crippen LogP contribution in [-0.4, -0.2) is 51.5 Å². The number of aromatic nitrogens is 2. The summed E-state index contributed by atoms with van der Waals surface area (Å²) in [4.78, 5) is 2.57. The summed E-state index contributed by atoms with van der Waals surface area (Å²) in [5.74, 6) is 0.649. The lowest BCUT2D eigenvalue weighted by molar-refractivity contribution is -0.0964. The molecule has 1 saturated heterocycles. The lowest BCUT2D eigenvalue weighted by Gasteiger charge is -2.58. The van der Waals surface area contributed by atoms with Gasteiger partial charge < -0.3 is 10.4 Å². The molecule has 1 aliphatic heterocycles. The molecule has 2 unspecified atom stereocenters. The summed E-state index contributed by atoms with van der Waals surface area (Å²) in [5.41, 5.74) is 2.61. The fraction of sp³-hybridized carbons (Fsp3) is 0.824. The second-order valence-electron chi connectivity index (χ2n) is 7.60. The Kier molecular flexibility index (Phi) is 4.32. The molecule has 1 aromatic rings. The summed E-state index contributed by atoms with van der Waals surface area (Å²) in [6, 6.07) is 0.823. The van der Waals surface area contributed by atoms with Gasteiger partial charge in [-0.2, -0.15) is 5.10 Å². The number of aliphatic hydroxyl groups is 1. The molecule has 0 bridgehead atoms. The maximum atomic E-state index is 10.5. The zero-order chi connectivity index (χ0) is 15.9. The number of aliphatic hydroxyl groups excluding tert-OH is 1. The van der Waals surface area contributed by atoms with E-state index in [0.29, 0.717) is 17.4 Å². The number of nitrogens with one attached hydrogen (secondary N) is 2. The molecule has 3 rings (SSSR count). The highest BCUT2D eigenvalue weighted by Gasteiger charge is 2.58. The van der Waals surface area contributed by atoms with Crippen LogP contribution in [0.2, 0.25) is 0 Å². The van der Waals surface area contributed by atoms with Crippen molar-refractivity contribution in [2.45, 2.75) is 65.3 Å². The highest BCUT2D eigenvalue weighted by molar-refractivity contribution is 5.16. The Balaban J connectivity index is 1.63. The van der Waals surface area contributed by atoms with Crippen LogP contribution in [0.15, 0.2) is 6.20 Å². The molecule has 5 heteroatoms. The number of hydrogen-bond acceptors (Lipinski definition) is 4. The van der Waals surface area contributed by atoms with Crippen molar-refractivity contribution < 1.29 is 5.11 Å². The van der Waals surface area contributed by atoms with Gasteiger partial charge in [-0.15, -0.1) is 0 Å². The normalized spacial score (nSPS) is 35.5. The molecule has 1 aliphatic carbocycles. The lowest BCUT2D eigenvalue weighted by Crippen LogP contribution is -2.65. The summed E-state index contributed by atoms with van der Waals surface area (Å²) in [5, 5.41) is 21.1. The predicted octanol–water partition coefficient (Wildman–Crippen LogP) is 1.68. The van der Waals surface area contributed by atoms with Gasteiger partial charge in [0.1, 0.15) is 0 Å². The maximum Gasteiger partial charge on any atom is 0.0699 e. The summed E-state index contributed by atoms with van der Waals surface area (Å²) >= 11 is 0. The third-order valence-corrected chi connectivity index (χ3v) is 5.77. The Hall–Kier alpha value is -0.910. The molecule has 0 radical (unpaired) electrons. The van der Waals surface area contributed by atoms with Crippen LogP contribution in [0, 0.1) is 18.3 Å². The van der Waals surface area contributed by atoms with E-state index in [1.807, 2.05) is 13.1 Å². The number of hydrogen-bond donors (Lipinski definition) is 3. The van der Waals surface area contributed by atoms with Gasteiger partial charge in [0.05, 0.1) is 12.3 Å². The van der Waals surface area contributed by atoms with E-state index in [1.54, 1.807) is 0 Å². The van der Waals surface area contributed by atoms with Crippen molar-refractivity contribution in [1.29, 1.82) is 0 Å². The number of aromatic amines is 1. The monoisotopic (exact) mass is 306 g/mol. The van der Waals surface area contributed by atoms with E-state index in [-0.39, 0.29) is 12.1 Å². The first-order valence-corrected chi connectivity index (χ1v) is 8.61. The van der Waals surface area contributed by atoms with Crippen LogP contribution in [0.5, 0.6) is 0 Å². The van der Waals surface area contributed by atoms with Gasteiger partial charge >= 0.3 is 0 Å². The maximum absolute atomic E-state index is 10.5. The molecular formula is C17H30N4O. The highest BCUT2D eigenvalue weighted by atomic mass is 16.3. The van der Waals surface area contributed by atoms with E-state index in [4.69, 9.17) is 0 Å². The largest absolute Gasteiger partial charge is 0.391 e. The number of nitrogens with zero attached hydrogens (tertiary/aromatic N) is 2. The minimum Gasteiger partial charge on any atom is -0.391 e. The molecule has 22 heavy (non-hydrogen) atoms. The summed E-state index contributed by atoms with van der Waals surface area (Å²) in [7, 11) is 0. The molecule has 2 aliphatic rings. The average molecular weight is 306 g/mol. The smallest absolute Gasteiger partial charge is 0.0699 e. The summed E-state index contributed by atoms with van der Waals surface area (Å²) in [6.07, 6.45) is 3.67. The van der Waals surface area contributed by atoms with Gasteiger partial charge in [0.15, 0.2) is 0 Å². The van der Waals surface area contributed by atoms with Crippen molar-refractivity contribution in [3.8, 4) is 0 Å². The number of rotatable bonds is 5. The van der Waals surface area contributed by atoms with Gasteiger partial charge in [0.2, 0.25) is 0 Å². The molecular weight excluding hydrogens is 276 g/mol. The third kappa shape index (κ3) is 2.59. The SMILES string of the molecule is CCN1CC2(C[C@@H](O)[C@H](NCc3cn[nH]c3C)C2)C1C(C)C. The van der Waals surface area contributed by atoms with Gasteiger partial charge in [0, 0.05) is 41.8 Å². The number of aryl methyl sites for hydroxylation is 1. The fourth-order valence-corrected chi connectivity index (χ4v) is 4.90. The van der Waals surface area contributed by atoms with Crippen LogP contribution in [0.25, 0.3) is 0 Å². The fourth-order valence-electron chi connectivity index (χ4n) is 4.90. The molecule has 0 aromatic carbocycles. The van der Waals surface area contributed by atoms with Gasteiger partial charge in [-0.05, 0) is 32.2 Å². The van der Waals surface area contributed by atoms with E-state index in [1.165, 1.54) is 5.56 Å². The van der Waals surface area contributed by atoms with E-state index in [9.17, 15) is 5.11 Å². The van der Waals surface area contributed by atoms with Crippen molar-refractivity contribution in [3.63, 3.8) is 0 Å². The lowest BCUT2D eigenvalue weighted by atomic mass is 9.65. The molecule has 1 saturated carbocycles. The van der Waals surface area contributed by atoms with Crippen LogP contribution < -0.4 is 5.32 Å². The van der Waals surface area contributed by atoms with Crippen LogP contribution >= 0.6 is 0 Å². The van der Waals surface area contributed by atoms with E-state index < -0.39 is 0 Å². The molecule has 124 valence electrons. The van der Waals surface area contributed by atoms with E-state index in [0.717, 1.165) is 38.2 Å². The van der Waals surface area contributed by atoms with Crippen LogP contribution in [0.1, 0.15) is 44.9 Å². The molecule has 1 spiro atoms. The van der Waals surface area contributed by atoms with Gasteiger partial charge in [0.25, 0.3) is 0 Å². The van der Waals surface area contributed by atoms with Crippen molar-refractivity contribution in [2.75, 3.05) is 13.1 Å². The quantitative estimate of drug-likeness (QED) is 0.774. The standard InChI is InChI=1S/C17H30N4O/c1-5-21-10-17(16(21)11(2)3)6-14(15(22)7-17)18-8-13-9-19-20-12(13)4/h9,11,14-16,18,22H,5-8,10H2,1-4H3,(H,19,20)/t14-,15-,16?,17?/m1/s1. The molecule has 5 nitrogen and oxygen atoms in total. The topological polar surface area (TPSA) is 64.2 Å². The van der Waals surface area contributed by atoms with Crippen LogP contribution in [-0.2, 0) is 6.54 Å². The first kappa shape index (κ1) is 16.0. The zero-order valence-corrected chi connectivity index (χ0v) is 14.3.